The molecule has 6 heteroatoms. The average molecular weight is 405 g/mol. The van der Waals surface area contributed by atoms with Crippen LogP contribution in [0.25, 0.3) is 0 Å². The molecule has 6 atom stereocenters. The summed E-state index contributed by atoms with van der Waals surface area (Å²) in [6.45, 7) is 7.65. The molecular formula is C23H36N2O4. The molecule has 6 nitrogen and oxygen atoms in total. The highest BCUT2D eigenvalue weighted by atomic mass is 16.6. The van der Waals surface area contributed by atoms with Gasteiger partial charge in [-0.2, -0.15) is 0 Å². The molecule has 0 radical (unpaired) electrons. The minimum Gasteiger partial charge on any atom is -0.444 e. The molecule has 1 heterocycles. The maximum absolute atomic E-state index is 13.9. The van der Waals surface area contributed by atoms with Gasteiger partial charge < -0.3 is 20.1 Å². The van der Waals surface area contributed by atoms with Crippen molar-refractivity contribution in [2.45, 2.75) is 108 Å². The van der Waals surface area contributed by atoms with Crippen molar-refractivity contribution in [3.05, 3.63) is 0 Å². The lowest BCUT2D eigenvalue weighted by atomic mass is 9.46. The van der Waals surface area contributed by atoms with Crippen LogP contribution in [0.1, 0.15) is 79.1 Å². The van der Waals surface area contributed by atoms with Gasteiger partial charge in [-0.1, -0.05) is 0 Å². The molecule has 6 fully saturated rings. The molecule has 5 aliphatic carbocycles. The Morgan fingerprint density at radius 2 is 1.76 bits per heavy atom. The van der Waals surface area contributed by atoms with Crippen molar-refractivity contribution in [1.29, 1.82) is 0 Å². The molecule has 6 aliphatic rings. The molecule has 1 aliphatic heterocycles. The summed E-state index contributed by atoms with van der Waals surface area (Å²) in [6.07, 6.45) is 6.97. The van der Waals surface area contributed by atoms with Crippen LogP contribution in [0.4, 0.5) is 4.79 Å². The first-order valence-electron chi connectivity index (χ1n) is 11.5. The van der Waals surface area contributed by atoms with Crippen LogP contribution in [0, 0.1) is 23.2 Å². The third-order valence-corrected chi connectivity index (χ3v) is 8.21. The highest BCUT2D eigenvalue weighted by Gasteiger charge is 2.63. The lowest BCUT2D eigenvalue weighted by Crippen LogP contribution is -2.66. The molecule has 0 aromatic carbocycles. The average Bonchev–Trinajstić information content (AvgIpc) is 3.19. The molecule has 6 rings (SSSR count). The van der Waals surface area contributed by atoms with E-state index in [0.29, 0.717) is 30.2 Å². The molecule has 0 spiro atoms. The number of aliphatic hydroxyl groups is 1. The summed E-state index contributed by atoms with van der Waals surface area (Å²) in [7, 11) is 0. The van der Waals surface area contributed by atoms with Crippen LogP contribution in [0.3, 0.4) is 0 Å². The zero-order valence-electron chi connectivity index (χ0n) is 18.2. The smallest absolute Gasteiger partial charge is 0.408 e. The highest BCUT2D eigenvalue weighted by molar-refractivity contribution is 5.88. The Morgan fingerprint density at radius 3 is 2.28 bits per heavy atom. The first-order valence-corrected chi connectivity index (χ1v) is 11.5. The van der Waals surface area contributed by atoms with Crippen molar-refractivity contribution < 1.29 is 19.4 Å². The van der Waals surface area contributed by atoms with Crippen LogP contribution in [-0.2, 0) is 9.53 Å². The van der Waals surface area contributed by atoms with Crippen LogP contribution >= 0.6 is 0 Å². The fraction of sp³-hybridized carbons (Fsp3) is 0.913. The number of hydrogen-bond donors (Lipinski definition) is 2. The number of amides is 2. The van der Waals surface area contributed by atoms with Gasteiger partial charge in [0, 0.05) is 17.5 Å². The maximum atomic E-state index is 13.9. The number of ether oxygens (including phenoxy) is 1. The number of piperidine rings is 1. The Hall–Kier alpha value is -1.30. The van der Waals surface area contributed by atoms with Gasteiger partial charge in [0.15, 0.2) is 0 Å². The third kappa shape index (κ3) is 3.35. The fourth-order valence-electron chi connectivity index (χ4n) is 7.76. The van der Waals surface area contributed by atoms with Crippen molar-refractivity contribution in [2.75, 3.05) is 0 Å². The summed E-state index contributed by atoms with van der Waals surface area (Å²) in [5.74, 6) is 1.61. The molecule has 5 saturated carbocycles. The van der Waals surface area contributed by atoms with Gasteiger partial charge in [-0.05, 0) is 96.8 Å². The van der Waals surface area contributed by atoms with E-state index < -0.39 is 23.3 Å². The van der Waals surface area contributed by atoms with Crippen LogP contribution in [0.15, 0.2) is 0 Å². The predicted octanol–water partition coefficient (Wildman–Crippen LogP) is 3.22. The van der Waals surface area contributed by atoms with E-state index in [-0.39, 0.29) is 17.4 Å². The van der Waals surface area contributed by atoms with Crippen LogP contribution in [0.2, 0.25) is 0 Å². The van der Waals surface area contributed by atoms with Crippen LogP contribution in [-0.4, -0.2) is 51.3 Å². The molecule has 2 N–H and O–H groups in total. The Bertz CT molecular complexity index is 713. The first-order chi connectivity index (χ1) is 13.5. The fourth-order valence-corrected chi connectivity index (χ4v) is 7.76. The number of nitrogens with one attached hydrogen (secondary N) is 1. The topological polar surface area (TPSA) is 78.9 Å². The molecule has 6 unspecified atom stereocenters. The summed E-state index contributed by atoms with van der Waals surface area (Å²) in [5.41, 5.74) is -1.63. The number of likely N-dealkylation sites (tertiary alicyclic amines) is 1. The van der Waals surface area contributed by atoms with Crippen molar-refractivity contribution >= 4 is 12.0 Å². The van der Waals surface area contributed by atoms with Gasteiger partial charge in [-0.25, -0.2) is 4.79 Å². The summed E-state index contributed by atoms with van der Waals surface area (Å²) >= 11 is 0. The number of alkyl carbamates (subject to hydrolysis) is 1. The Morgan fingerprint density at radius 1 is 1.10 bits per heavy atom. The molecule has 0 aromatic rings. The lowest BCUT2D eigenvalue weighted by molar-refractivity contribution is -0.180. The summed E-state index contributed by atoms with van der Waals surface area (Å²) in [4.78, 5) is 28.7. The van der Waals surface area contributed by atoms with E-state index in [1.54, 1.807) is 0 Å². The number of carbonyl (C=O) groups excluding carboxylic acids is 2. The third-order valence-electron chi connectivity index (χ3n) is 8.21. The molecule has 4 bridgehead atoms. The van der Waals surface area contributed by atoms with Gasteiger partial charge in [0.2, 0.25) is 5.91 Å². The monoisotopic (exact) mass is 404 g/mol. The molecule has 1 saturated heterocycles. The molecular weight excluding hydrogens is 368 g/mol. The van der Waals surface area contributed by atoms with E-state index in [1.165, 1.54) is 0 Å². The standard InChI is InChI=1S/C23H36N2O4/c1-13-5-16-7-17(16)25(13)19(26)18(24-20(27)29-21(2,3)4)22-8-14-6-15(9-22)11-23(28,10-14)12-22/h13-18,28H,5-12H2,1-4H3,(H,24,27). The largest absolute Gasteiger partial charge is 0.444 e. The molecule has 162 valence electrons. The van der Waals surface area contributed by atoms with Gasteiger partial charge in [0.05, 0.1) is 5.60 Å². The number of rotatable bonds is 3. The van der Waals surface area contributed by atoms with E-state index in [1.807, 2.05) is 20.8 Å². The number of carbonyl (C=O) groups is 2. The van der Waals surface area contributed by atoms with Crippen molar-refractivity contribution in [1.82, 2.24) is 10.2 Å². The molecule has 2 amide bonds. The summed E-state index contributed by atoms with van der Waals surface area (Å²) in [5, 5.41) is 14.2. The predicted molar refractivity (Wildman–Crippen MR) is 108 cm³/mol. The zero-order chi connectivity index (χ0) is 20.8. The summed E-state index contributed by atoms with van der Waals surface area (Å²) in [6, 6.07) is -0.0276. The SMILES string of the molecule is CC1CC2CC2N1C(=O)C(NC(=O)OC(C)(C)C)C12CC3CC(CC(O)(C3)C1)C2. The van der Waals surface area contributed by atoms with Gasteiger partial charge >= 0.3 is 6.09 Å². The Kier molecular flexibility index (Phi) is 4.14. The van der Waals surface area contributed by atoms with Gasteiger partial charge in [0.1, 0.15) is 11.6 Å². The second-order valence-corrected chi connectivity index (χ2v) is 12.0. The van der Waals surface area contributed by atoms with Crippen molar-refractivity contribution in [3.8, 4) is 0 Å². The normalized spacial score (nSPS) is 45.7. The van der Waals surface area contributed by atoms with Gasteiger partial charge in [-0.3, -0.25) is 4.79 Å². The van der Waals surface area contributed by atoms with Crippen LogP contribution in [0.5, 0.6) is 0 Å². The van der Waals surface area contributed by atoms with Crippen LogP contribution < -0.4 is 5.32 Å². The second-order valence-electron chi connectivity index (χ2n) is 12.0. The number of nitrogens with zero attached hydrogens (tertiary/aromatic N) is 1. The highest BCUT2D eigenvalue weighted by Crippen LogP contribution is 2.63. The quantitative estimate of drug-likeness (QED) is 0.757. The van der Waals surface area contributed by atoms with Crippen molar-refractivity contribution in [2.24, 2.45) is 23.2 Å². The first kappa shape index (κ1) is 19.7. The Labute approximate surface area is 173 Å². The number of hydrogen-bond acceptors (Lipinski definition) is 4. The second kappa shape index (κ2) is 6.12. The van der Waals surface area contributed by atoms with Crippen molar-refractivity contribution in [3.63, 3.8) is 0 Å². The summed E-state index contributed by atoms with van der Waals surface area (Å²) < 4.78 is 5.55. The van der Waals surface area contributed by atoms with E-state index in [2.05, 4.69) is 17.1 Å². The van der Waals surface area contributed by atoms with Gasteiger partial charge in [-0.15, -0.1) is 0 Å². The van der Waals surface area contributed by atoms with E-state index in [4.69, 9.17) is 4.74 Å². The lowest BCUT2D eigenvalue weighted by Gasteiger charge is -2.62. The molecule has 0 aromatic heterocycles. The minimum absolute atomic E-state index is 0.0545. The molecule has 29 heavy (non-hydrogen) atoms. The van der Waals surface area contributed by atoms with Gasteiger partial charge in [0.25, 0.3) is 0 Å². The Balaban J connectivity index is 1.45. The maximum Gasteiger partial charge on any atom is 0.408 e. The number of fused-ring (bicyclic) bond motifs is 1. The van der Waals surface area contributed by atoms with E-state index in [9.17, 15) is 14.7 Å². The van der Waals surface area contributed by atoms with E-state index in [0.717, 1.165) is 44.9 Å². The zero-order valence-corrected chi connectivity index (χ0v) is 18.2. The minimum atomic E-state index is -0.670. The van der Waals surface area contributed by atoms with E-state index >= 15 is 0 Å².